The number of hydrogen-bond donors (Lipinski definition) is 2. The summed E-state index contributed by atoms with van der Waals surface area (Å²) in [6.07, 6.45) is 1.56. The number of benzene rings is 1. The zero-order valence-corrected chi connectivity index (χ0v) is 13.5. The van der Waals surface area contributed by atoms with Crippen molar-refractivity contribution in [3.63, 3.8) is 0 Å². The van der Waals surface area contributed by atoms with Crippen molar-refractivity contribution < 1.29 is 14.3 Å². The molecule has 1 amide bonds. The third kappa shape index (κ3) is 5.81. The Labute approximate surface area is 130 Å². The summed E-state index contributed by atoms with van der Waals surface area (Å²) in [4.78, 5) is 11.6. The maximum absolute atomic E-state index is 11.6. The van der Waals surface area contributed by atoms with Gasteiger partial charge in [0.2, 0.25) is 0 Å². The van der Waals surface area contributed by atoms with Gasteiger partial charge < -0.3 is 20.5 Å². The molecule has 0 fully saturated rings. The van der Waals surface area contributed by atoms with Crippen molar-refractivity contribution in [1.82, 2.24) is 5.32 Å². The van der Waals surface area contributed by atoms with Crippen LogP contribution < -0.4 is 20.5 Å². The molecule has 3 N–H and O–H groups in total. The number of nitrogens with two attached hydrogens (primary N) is 1. The molecule has 0 aliphatic carbocycles. The average Bonchev–Trinajstić information content (AvgIpc) is 2.42. The van der Waals surface area contributed by atoms with Gasteiger partial charge in [-0.2, -0.15) is 0 Å². The number of nitrogens with one attached hydrogen (secondary N) is 1. The molecule has 0 bridgehead atoms. The van der Waals surface area contributed by atoms with Crippen LogP contribution in [-0.4, -0.2) is 32.2 Å². The number of carbonyl (C=O) groups is 1. The van der Waals surface area contributed by atoms with E-state index in [2.05, 4.69) is 5.32 Å². The van der Waals surface area contributed by atoms with Crippen molar-refractivity contribution in [3.8, 4) is 11.5 Å². The fourth-order valence-corrected chi connectivity index (χ4v) is 2.14. The molecule has 0 radical (unpaired) electrons. The summed E-state index contributed by atoms with van der Waals surface area (Å²) in [7, 11) is 1.53. The summed E-state index contributed by atoms with van der Waals surface area (Å²) in [5.41, 5.74) is 6.75. The first kappa shape index (κ1) is 17.6. The molecule has 0 aliphatic rings. The van der Waals surface area contributed by atoms with E-state index in [9.17, 15) is 4.79 Å². The maximum Gasteiger partial charge on any atom is 0.257 e. The van der Waals surface area contributed by atoms with E-state index in [0.717, 1.165) is 12.0 Å². The van der Waals surface area contributed by atoms with Gasteiger partial charge in [-0.25, -0.2) is 0 Å². The molecule has 1 aromatic carbocycles. The number of carbonyl (C=O) groups excluding carboxylic acids is 1. The van der Waals surface area contributed by atoms with Crippen molar-refractivity contribution in [2.45, 2.75) is 32.7 Å². The highest BCUT2D eigenvalue weighted by Crippen LogP contribution is 2.36. The molecule has 0 spiro atoms. The van der Waals surface area contributed by atoms with Crippen LogP contribution in [0.3, 0.4) is 0 Å². The molecule has 118 valence electrons. The van der Waals surface area contributed by atoms with Crippen molar-refractivity contribution in [3.05, 3.63) is 22.7 Å². The summed E-state index contributed by atoms with van der Waals surface area (Å²) < 4.78 is 10.8. The van der Waals surface area contributed by atoms with E-state index in [1.807, 2.05) is 19.9 Å². The third-order valence-corrected chi connectivity index (χ3v) is 3.05. The number of halogens is 1. The van der Waals surface area contributed by atoms with Gasteiger partial charge in [0.15, 0.2) is 18.1 Å². The fraction of sp³-hybridized carbons (Fsp3) is 0.533. The Morgan fingerprint density at radius 1 is 1.48 bits per heavy atom. The highest BCUT2D eigenvalue weighted by atomic mass is 35.5. The molecule has 1 atom stereocenters. The van der Waals surface area contributed by atoms with Crippen LogP contribution in [0, 0.1) is 0 Å². The maximum atomic E-state index is 11.6. The monoisotopic (exact) mass is 314 g/mol. The summed E-state index contributed by atoms with van der Waals surface area (Å²) in [6.45, 7) is 4.43. The summed E-state index contributed by atoms with van der Waals surface area (Å²) in [5.74, 6) is 0.690. The SMILES string of the molecule is CCCNC(=O)COc1c(Cl)cc(CC(C)N)cc1OC. The minimum Gasteiger partial charge on any atom is -0.493 e. The largest absolute Gasteiger partial charge is 0.493 e. The number of hydrogen-bond acceptors (Lipinski definition) is 4. The van der Waals surface area contributed by atoms with Crippen LogP contribution in [0.2, 0.25) is 5.02 Å². The quantitative estimate of drug-likeness (QED) is 0.771. The van der Waals surface area contributed by atoms with Gasteiger partial charge in [0.1, 0.15) is 0 Å². The number of ether oxygens (including phenoxy) is 2. The summed E-state index contributed by atoms with van der Waals surface area (Å²) >= 11 is 6.21. The van der Waals surface area contributed by atoms with E-state index in [0.29, 0.717) is 29.5 Å². The number of methoxy groups -OCH3 is 1. The lowest BCUT2D eigenvalue weighted by molar-refractivity contribution is -0.123. The molecular weight excluding hydrogens is 292 g/mol. The van der Waals surface area contributed by atoms with Gasteiger partial charge in [-0.15, -0.1) is 0 Å². The molecule has 6 heteroatoms. The lowest BCUT2D eigenvalue weighted by Gasteiger charge is -2.15. The van der Waals surface area contributed by atoms with Crippen LogP contribution >= 0.6 is 11.6 Å². The average molecular weight is 315 g/mol. The normalized spacial score (nSPS) is 11.9. The predicted octanol–water partition coefficient (Wildman–Crippen LogP) is 2.14. The van der Waals surface area contributed by atoms with Crippen molar-refractivity contribution >= 4 is 17.5 Å². The summed E-state index contributed by atoms with van der Waals surface area (Å²) in [6, 6.07) is 3.64. The van der Waals surface area contributed by atoms with Crippen LogP contribution in [0.5, 0.6) is 11.5 Å². The van der Waals surface area contributed by atoms with E-state index < -0.39 is 0 Å². The van der Waals surface area contributed by atoms with Crippen molar-refractivity contribution in [1.29, 1.82) is 0 Å². The van der Waals surface area contributed by atoms with E-state index in [1.165, 1.54) is 7.11 Å². The van der Waals surface area contributed by atoms with Crippen LogP contribution in [-0.2, 0) is 11.2 Å². The minimum atomic E-state index is -0.186. The Kier molecular flexibility index (Phi) is 7.32. The Morgan fingerprint density at radius 3 is 2.76 bits per heavy atom. The van der Waals surface area contributed by atoms with Gasteiger partial charge in [0, 0.05) is 12.6 Å². The highest BCUT2D eigenvalue weighted by Gasteiger charge is 2.14. The van der Waals surface area contributed by atoms with Gasteiger partial charge in [-0.1, -0.05) is 18.5 Å². The molecule has 0 saturated heterocycles. The molecule has 21 heavy (non-hydrogen) atoms. The second-order valence-electron chi connectivity index (χ2n) is 4.93. The Balaban J connectivity index is 2.79. The molecule has 0 saturated carbocycles. The zero-order chi connectivity index (χ0) is 15.8. The zero-order valence-electron chi connectivity index (χ0n) is 12.7. The van der Waals surface area contributed by atoms with Crippen LogP contribution in [0.15, 0.2) is 12.1 Å². The molecule has 0 heterocycles. The molecule has 1 aromatic rings. The van der Waals surface area contributed by atoms with Gasteiger partial charge in [0.05, 0.1) is 12.1 Å². The highest BCUT2D eigenvalue weighted by molar-refractivity contribution is 6.32. The van der Waals surface area contributed by atoms with Gasteiger partial charge in [0.25, 0.3) is 5.91 Å². The standard InChI is InChI=1S/C15H23ClN2O3/c1-4-5-18-14(19)9-21-15-12(16)7-11(6-10(2)17)8-13(15)20-3/h7-8,10H,4-6,9,17H2,1-3H3,(H,18,19). The Morgan fingerprint density at radius 2 is 2.19 bits per heavy atom. The summed E-state index contributed by atoms with van der Waals surface area (Å²) in [5, 5.41) is 3.14. The second kappa shape index (κ2) is 8.74. The Bertz CT molecular complexity index is 478. The molecule has 0 aliphatic heterocycles. The molecule has 1 unspecified atom stereocenters. The first-order valence-electron chi connectivity index (χ1n) is 6.99. The first-order chi connectivity index (χ1) is 9.97. The van der Waals surface area contributed by atoms with Crippen LogP contribution in [0.1, 0.15) is 25.8 Å². The van der Waals surface area contributed by atoms with E-state index in [-0.39, 0.29) is 18.6 Å². The van der Waals surface area contributed by atoms with Crippen molar-refractivity contribution in [2.24, 2.45) is 5.73 Å². The van der Waals surface area contributed by atoms with Crippen LogP contribution in [0.25, 0.3) is 0 Å². The minimum absolute atomic E-state index is 0.0253. The second-order valence-corrected chi connectivity index (χ2v) is 5.34. The lowest BCUT2D eigenvalue weighted by Crippen LogP contribution is -2.29. The van der Waals surface area contributed by atoms with Gasteiger partial charge in [-0.3, -0.25) is 4.79 Å². The number of rotatable bonds is 8. The topological polar surface area (TPSA) is 73.6 Å². The molecule has 0 aromatic heterocycles. The van der Waals surface area contributed by atoms with E-state index >= 15 is 0 Å². The molecular formula is C15H23ClN2O3. The molecule has 1 rings (SSSR count). The van der Waals surface area contributed by atoms with Gasteiger partial charge >= 0.3 is 0 Å². The molecule has 5 nitrogen and oxygen atoms in total. The number of amides is 1. The third-order valence-electron chi connectivity index (χ3n) is 2.77. The van der Waals surface area contributed by atoms with E-state index in [1.54, 1.807) is 6.07 Å². The lowest BCUT2D eigenvalue weighted by atomic mass is 10.1. The smallest absolute Gasteiger partial charge is 0.257 e. The Hall–Kier alpha value is -1.46. The fourth-order valence-electron chi connectivity index (χ4n) is 1.86. The van der Waals surface area contributed by atoms with Crippen molar-refractivity contribution in [2.75, 3.05) is 20.3 Å². The van der Waals surface area contributed by atoms with Crippen LogP contribution in [0.4, 0.5) is 0 Å². The van der Waals surface area contributed by atoms with E-state index in [4.69, 9.17) is 26.8 Å². The first-order valence-corrected chi connectivity index (χ1v) is 7.37. The predicted molar refractivity (Wildman–Crippen MR) is 84.2 cm³/mol. The van der Waals surface area contributed by atoms with Gasteiger partial charge in [-0.05, 0) is 37.5 Å².